The largest absolute Gasteiger partial charge is 0.322 e. The van der Waals surface area contributed by atoms with Gasteiger partial charge in [-0.1, -0.05) is 36.8 Å². The van der Waals surface area contributed by atoms with E-state index in [2.05, 4.69) is 5.32 Å². The van der Waals surface area contributed by atoms with E-state index in [0.29, 0.717) is 36.6 Å². The maximum Gasteiger partial charge on any atom is 0.255 e. The van der Waals surface area contributed by atoms with Gasteiger partial charge in [0.2, 0.25) is 15.9 Å². The van der Waals surface area contributed by atoms with Crippen LogP contribution in [0.15, 0.2) is 82.6 Å². The standard InChI is InChI=1S/C27H27N3O4S2/c31-26-19-35-25-14-9-21(17-24(25)30(26)18-20-7-3-1-4-8-20)27(32)28-22-10-12-23(13-11-22)36(33,34)29-15-5-2-6-16-29/h1,3-4,7-14,17H,2,5-6,15-16,18-19H2,(H,28,32). The summed E-state index contributed by atoms with van der Waals surface area (Å²) in [5.41, 5.74) is 2.66. The summed E-state index contributed by atoms with van der Waals surface area (Å²) >= 11 is 1.47. The number of sulfonamides is 1. The van der Waals surface area contributed by atoms with Gasteiger partial charge in [0.05, 0.1) is 22.9 Å². The number of nitrogens with one attached hydrogen (secondary N) is 1. The number of hydrogen-bond acceptors (Lipinski definition) is 5. The molecule has 0 aliphatic carbocycles. The molecular weight excluding hydrogens is 494 g/mol. The average molecular weight is 522 g/mol. The first-order valence-electron chi connectivity index (χ1n) is 11.9. The molecule has 1 N–H and O–H groups in total. The molecule has 0 bridgehead atoms. The topological polar surface area (TPSA) is 86.8 Å². The van der Waals surface area contributed by atoms with Crippen LogP contribution in [0.1, 0.15) is 35.2 Å². The third kappa shape index (κ3) is 5.18. The number of benzene rings is 3. The number of fused-ring (bicyclic) bond motifs is 1. The second kappa shape index (κ2) is 10.5. The molecule has 0 spiro atoms. The van der Waals surface area contributed by atoms with E-state index in [1.807, 2.05) is 36.4 Å². The highest BCUT2D eigenvalue weighted by molar-refractivity contribution is 8.00. The van der Waals surface area contributed by atoms with Crippen LogP contribution in [0, 0.1) is 0 Å². The first kappa shape index (κ1) is 24.5. The maximum absolute atomic E-state index is 13.0. The Morgan fingerprint density at radius 3 is 2.36 bits per heavy atom. The molecule has 5 rings (SSSR count). The van der Waals surface area contributed by atoms with Crippen LogP contribution in [0.2, 0.25) is 0 Å². The summed E-state index contributed by atoms with van der Waals surface area (Å²) in [5, 5.41) is 2.84. The van der Waals surface area contributed by atoms with Gasteiger partial charge in [0.25, 0.3) is 5.91 Å². The maximum atomic E-state index is 13.0. The number of amides is 2. The molecule has 3 aromatic carbocycles. The number of anilines is 2. The van der Waals surface area contributed by atoms with Crippen molar-refractivity contribution in [2.24, 2.45) is 0 Å². The van der Waals surface area contributed by atoms with Gasteiger partial charge in [-0.3, -0.25) is 9.59 Å². The second-order valence-corrected chi connectivity index (χ2v) is 11.8. The molecule has 36 heavy (non-hydrogen) atoms. The fraction of sp³-hybridized carbons (Fsp3) is 0.259. The number of carbonyl (C=O) groups excluding carboxylic acids is 2. The van der Waals surface area contributed by atoms with Gasteiger partial charge in [0.15, 0.2) is 0 Å². The fourth-order valence-electron chi connectivity index (χ4n) is 4.45. The minimum Gasteiger partial charge on any atom is -0.322 e. The Bertz CT molecular complexity index is 1370. The molecular formula is C27H27N3O4S2. The van der Waals surface area contributed by atoms with Gasteiger partial charge in [-0.25, -0.2) is 8.42 Å². The van der Waals surface area contributed by atoms with E-state index in [4.69, 9.17) is 0 Å². The smallest absolute Gasteiger partial charge is 0.255 e. The van der Waals surface area contributed by atoms with Crippen molar-refractivity contribution in [3.05, 3.63) is 83.9 Å². The third-order valence-electron chi connectivity index (χ3n) is 6.41. The fourth-order valence-corrected chi connectivity index (χ4v) is 6.88. The minimum absolute atomic E-state index is 0.000542. The van der Waals surface area contributed by atoms with E-state index in [9.17, 15) is 18.0 Å². The molecule has 0 atom stereocenters. The van der Waals surface area contributed by atoms with E-state index in [1.165, 1.54) is 28.2 Å². The van der Waals surface area contributed by atoms with E-state index in [-0.39, 0.29) is 16.7 Å². The van der Waals surface area contributed by atoms with E-state index in [1.54, 1.807) is 29.2 Å². The van der Waals surface area contributed by atoms with Crippen molar-refractivity contribution >= 4 is 45.0 Å². The van der Waals surface area contributed by atoms with Crippen LogP contribution in [-0.4, -0.2) is 43.4 Å². The molecule has 0 unspecified atom stereocenters. The second-order valence-electron chi connectivity index (χ2n) is 8.88. The number of carbonyl (C=O) groups is 2. The van der Waals surface area contributed by atoms with Crippen molar-refractivity contribution in [1.29, 1.82) is 0 Å². The first-order valence-corrected chi connectivity index (χ1v) is 14.4. The predicted molar refractivity (Wildman–Crippen MR) is 142 cm³/mol. The predicted octanol–water partition coefficient (Wildman–Crippen LogP) is 4.75. The van der Waals surface area contributed by atoms with Crippen molar-refractivity contribution in [2.75, 3.05) is 29.1 Å². The lowest BCUT2D eigenvalue weighted by Crippen LogP contribution is -2.35. The quantitative estimate of drug-likeness (QED) is 0.506. The zero-order valence-corrected chi connectivity index (χ0v) is 21.4. The molecule has 2 aliphatic rings. The lowest BCUT2D eigenvalue weighted by Gasteiger charge is -2.29. The Balaban J connectivity index is 1.32. The summed E-state index contributed by atoms with van der Waals surface area (Å²) in [5.74, 6) is 0.0319. The summed E-state index contributed by atoms with van der Waals surface area (Å²) in [4.78, 5) is 28.6. The number of thioether (sulfide) groups is 1. The summed E-state index contributed by atoms with van der Waals surface area (Å²) in [6, 6.07) is 21.4. The van der Waals surface area contributed by atoms with Crippen LogP contribution in [0.3, 0.4) is 0 Å². The molecule has 9 heteroatoms. The summed E-state index contributed by atoms with van der Waals surface area (Å²) < 4.78 is 27.3. The number of piperidine rings is 1. The molecule has 2 heterocycles. The van der Waals surface area contributed by atoms with Gasteiger partial charge >= 0.3 is 0 Å². The third-order valence-corrected chi connectivity index (χ3v) is 9.37. The Kier molecular flexibility index (Phi) is 7.13. The van der Waals surface area contributed by atoms with Gasteiger partial charge in [-0.2, -0.15) is 4.31 Å². The van der Waals surface area contributed by atoms with E-state index in [0.717, 1.165) is 35.4 Å². The molecule has 1 fully saturated rings. The molecule has 0 aromatic heterocycles. The van der Waals surface area contributed by atoms with Crippen molar-refractivity contribution in [2.45, 2.75) is 35.6 Å². The Morgan fingerprint density at radius 2 is 1.64 bits per heavy atom. The molecule has 2 amide bonds. The van der Waals surface area contributed by atoms with E-state index < -0.39 is 10.0 Å². The number of rotatable bonds is 6. The molecule has 0 radical (unpaired) electrons. The zero-order chi connectivity index (χ0) is 25.1. The van der Waals surface area contributed by atoms with Gasteiger partial charge in [0.1, 0.15) is 0 Å². The number of hydrogen-bond donors (Lipinski definition) is 1. The van der Waals surface area contributed by atoms with Crippen molar-refractivity contribution in [3.8, 4) is 0 Å². The molecule has 2 aliphatic heterocycles. The molecule has 7 nitrogen and oxygen atoms in total. The van der Waals surface area contributed by atoms with Crippen molar-refractivity contribution in [1.82, 2.24) is 4.31 Å². The van der Waals surface area contributed by atoms with E-state index >= 15 is 0 Å². The van der Waals surface area contributed by atoms with Gasteiger partial charge in [-0.05, 0) is 60.9 Å². The van der Waals surface area contributed by atoms with Crippen LogP contribution < -0.4 is 10.2 Å². The molecule has 1 saturated heterocycles. The highest BCUT2D eigenvalue weighted by Crippen LogP contribution is 2.37. The van der Waals surface area contributed by atoms with Crippen LogP contribution in [-0.2, 0) is 21.4 Å². The normalized spacial score (nSPS) is 16.4. The van der Waals surface area contributed by atoms with Crippen molar-refractivity contribution < 1.29 is 18.0 Å². The monoisotopic (exact) mass is 521 g/mol. The molecule has 0 saturated carbocycles. The summed E-state index contributed by atoms with van der Waals surface area (Å²) in [6.45, 7) is 1.52. The molecule has 3 aromatic rings. The highest BCUT2D eigenvalue weighted by atomic mass is 32.2. The Labute approximate surface area is 215 Å². The summed E-state index contributed by atoms with van der Waals surface area (Å²) in [7, 11) is -3.53. The lowest BCUT2D eigenvalue weighted by molar-refractivity contribution is -0.116. The van der Waals surface area contributed by atoms with Crippen LogP contribution in [0.25, 0.3) is 0 Å². The average Bonchev–Trinajstić information content (AvgIpc) is 2.91. The molecule has 186 valence electrons. The van der Waals surface area contributed by atoms with Crippen LogP contribution >= 0.6 is 11.8 Å². The Morgan fingerprint density at radius 1 is 0.917 bits per heavy atom. The number of nitrogens with zero attached hydrogens (tertiary/aromatic N) is 2. The lowest BCUT2D eigenvalue weighted by atomic mass is 10.1. The van der Waals surface area contributed by atoms with Crippen LogP contribution in [0.4, 0.5) is 11.4 Å². The summed E-state index contributed by atoms with van der Waals surface area (Å²) in [6.07, 6.45) is 2.80. The van der Waals surface area contributed by atoms with Gasteiger partial charge < -0.3 is 10.2 Å². The van der Waals surface area contributed by atoms with Crippen molar-refractivity contribution in [3.63, 3.8) is 0 Å². The first-order chi connectivity index (χ1) is 17.4. The SMILES string of the molecule is O=C(Nc1ccc(S(=O)(=O)N2CCCCC2)cc1)c1ccc2c(c1)N(Cc1ccccc1)C(=O)CS2. The van der Waals surface area contributed by atoms with Gasteiger partial charge in [-0.15, -0.1) is 11.8 Å². The van der Waals surface area contributed by atoms with Crippen LogP contribution in [0.5, 0.6) is 0 Å². The van der Waals surface area contributed by atoms with Gasteiger partial charge in [0, 0.05) is 29.2 Å². The Hall–Kier alpha value is -3.14. The zero-order valence-electron chi connectivity index (χ0n) is 19.7. The minimum atomic E-state index is -3.53. The highest BCUT2D eigenvalue weighted by Gasteiger charge is 2.27.